The number of hydrogen-bond donors (Lipinski definition) is 1. The van der Waals surface area contributed by atoms with Crippen molar-refractivity contribution in [3.05, 3.63) is 52.8 Å². The topological polar surface area (TPSA) is 43.8 Å². The average molecular weight is 240 g/mol. The van der Waals surface area contributed by atoms with Crippen molar-refractivity contribution in [1.29, 1.82) is 0 Å². The fourth-order valence-corrected chi connectivity index (χ4v) is 1.74. The number of halogens is 2. The summed E-state index contributed by atoms with van der Waals surface area (Å²) in [5.41, 5.74) is 7.18. The van der Waals surface area contributed by atoms with Crippen LogP contribution in [0.15, 0.2) is 30.7 Å². The van der Waals surface area contributed by atoms with Gasteiger partial charge in [0, 0.05) is 18.3 Å². The predicted octanol–water partition coefficient (Wildman–Crippen LogP) is 2.26. The molecule has 0 bridgehead atoms. The largest absolute Gasteiger partial charge is 0.340 e. The lowest BCUT2D eigenvalue weighted by Gasteiger charge is -2.11. The zero-order chi connectivity index (χ0) is 11.7. The van der Waals surface area contributed by atoms with E-state index in [4.69, 9.17) is 17.3 Å². The molecule has 0 amide bonds. The van der Waals surface area contributed by atoms with Crippen LogP contribution in [0.1, 0.15) is 17.3 Å². The van der Waals surface area contributed by atoms with Gasteiger partial charge in [-0.1, -0.05) is 11.6 Å². The van der Waals surface area contributed by atoms with Gasteiger partial charge in [0.05, 0.1) is 18.1 Å². The first-order chi connectivity index (χ1) is 7.58. The molecular weight excluding hydrogens is 229 g/mol. The van der Waals surface area contributed by atoms with Crippen LogP contribution in [-0.2, 0) is 7.05 Å². The summed E-state index contributed by atoms with van der Waals surface area (Å²) < 4.78 is 14.9. The van der Waals surface area contributed by atoms with Crippen molar-refractivity contribution < 1.29 is 4.39 Å². The summed E-state index contributed by atoms with van der Waals surface area (Å²) in [6.45, 7) is 0. The third kappa shape index (κ3) is 2.08. The zero-order valence-corrected chi connectivity index (χ0v) is 9.45. The maximum atomic E-state index is 13.1. The summed E-state index contributed by atoms with van der Waals surface area (Å²) in [5, 5.41) is 0.444. The number of benzene rings is 1. The van der Waals surface area contributed by atoms with Gasteiger partial charge >= 0.3 is 0 Å². The minimum Gasteiger partial charge on any atom is -0.340 e. The molecule has 1 heterocycles. The highest BCUT2D eigenvalue weighted by Gasteiger charge is 2.15. The van der Waals surface area contributed by atoms with E-state index in [1.807, 2.05) is 7.05 Å². The van der Waals surface area contributed by atoms with Crippen LogP contribution in [0.4, 0.5) is 4.39 Å². The molecule has 2 aromatic rings. The highest BCUT2D eigenvalue weighted by Crippen LogP contribution is 2.26. The zero-order valence-electron chi connectivity index (χ0n) is 8.69. The van der Waals surface area contributed by atoms with E-state index in [0.29, 0.717) is 16.3 Å². The van der Waals surface area contributed by atoms with Crippen molar-refractivity contribution in [2.75, 3.05) is 0 Å². The van der Waals surface area contributed by atoms with Gasteiger partial charge in [-0.25, -0.2) is 9.37 Å². The van der Waals surface area contributed by atoms with Crippen LogP contribution < -0.4 is 5.73 Å². The monoisotopic (exact) mass is 239 g/mol. The molecule has 0 aliphatic rings. The summed E-state index contributed by atoms with van der Waals surface area (Å²) in [7, 11) is 1.84. The maximum Gasteiger partial charge on any atom is 0.123 e. The molecule has 0 saturated carbocycles. The Bertz CT molecular complexity index is 510. The molecule has 1 atom stereocenters. The maximum absolute atomic E-state index is 13.1. The van der Waals surface area contributed by atoms with Gasteiger partial charge in [-0.15, -0.1) is 0 Å². The Balaban J connectivity index is 2.40. The van der Waals surface area contributed by atoms with Gasteiger partial charge < -0.3 is 10.3 Å². The Morgan fingerprint density at radius 2 is 2.25 bits per heavy atom. The second kappa shape index (κ2) is 4.23. The van der Waals surface area contributed by atoms with Crippen molar-refractivity contribution in [2.24, 2.45) is 12.8 Å². The highest BCUT2D eigenvalue weighted by molar-refractivity contribution is 6.31. The molecular formula is C11H11ClFN3. The van der Waals surface area contributed by atoms with E-state index in [1.54, 1.807) is 17.1 Å². The van der Waals surface area contributed by atoms with Gasteiger partial charge in [0.1, 0.15) is 5.82 Å². The molecule has 16 heavy (non-hydrogen) atoms. The number of aromatic nitrogens is 2. The van der Waals surface area contributed by atoms with Crippen molar-refractivity contribution in [3.63, 3.8) is 0 Å². The normalized spacial score (nSPS) is 12.8. The highest BCUT2D eigenvalue weighted by atomic mass is 35.5. The number of rotatable bonds is 2. The third-order valence-electron chi connectivity index (χ3n) is 2.34. The molecule has 1 aromatic heterocycles. The van der Waals surface area contributed by atoms with Gasteiger partial charge in [-0.05, 0) is 23.8 Å². The number of aryl methyl sites for hydroxylation is 1. The second-order valence-electron chi connectivity index (χ2n) is 3.61. The van der Waals surface area contributed by atoms with Gasteiger partial charge in [-0.3, -0.25) is 0 Å². The van der Waals surface area contributed by atoms with Crippen LogP contribution >= 0.6 is 11.6 Å². The Hall–Kier alpha value is -1.39. The van der Waals surface area contributed by atoms with E-state index < -0.39 is 6.04 Å². The van der Waals surface area contributed by atoms with Crippen molar-refractivity contribution in [1.82, 2.24) is 9.55 Å². The van der Waals surface area contributed by atoms with Crippen molar-refractivity contribution in [2.45, 2.75) is 6.04 Å². The van der Waals surface area contributed by atoms with E-state index in [0.717, 1.165) is 0 Å². The second-order valence-corrected chi connectivity index (χ2v) is 4.01. The van der Waals surface area contributed by atoms with E-state index in [-0.39, 0.29) is 5.82 Å². The first-order valence-corrected chi connectivity index (χ1v) is 5.14. The smallest absolute Gasteiger partial charge is 0.123 e. The Labute approximate surface area is 97.7 Å². The Morgan fingerprint density at radius 3 is 2.88 bits per heavy atom. The minimum atomic E-state index is -0.510. The fourth-order valence-electron chi connectivity index (χ4n) is 1.51. The SMILES string of the molecule is Cn1cnc(C(N)c2cc(F)ccc2Cl)c1. The van der Waals surface area contributed by atoms with E-state index in [1.165, 1.54) is 18.2 Å². The molecule has 84 valence electrons. The molecule has 0 radical (unpaired) electrons. The molecule has 2 N–H and O–H groups in total. The van der Waals surface area contributed by atoms with Gasteiger partial charge in [0.2, 0.25) is 0 Å². The molecule has 2 rings (SSSR count). The first-order valence-electron chi connectivity index (χ1n) is 4.76. The summed E-state index contributed by atoms with van der Waals surface area (Å²) >= 11 is 5.97. The molecule has 5 heteroatoms. The summed E-state index contributed by atoms with van der Waals surface area (Å²) in [6.07, 6.45) is 3.42. The molecule has 1 unspecified atom stereocenters. The first kappa shape index (κ1) is 11.1. The summed E-state index contributed by atoms with van der Waals surface area (Å²) in [5.74, 6) is -0.356. The molecule has 1 aromatic carbocycles. The lowest BCUT2D eigenvalue weighted by molar-refractivity contribution is 0.623. The van der Waals surface area contributed by atoms with Crippen LogP contribution in [0.25, 0.3) is 0 Å². The van der Waals surface area contributed by atoms with E-state index >= 15 is 0 Å². The molecule has 0 saturated heterocycles. The molecule has 3 nitrogen and oxygen atoms in total. The summed E-state index contributed by atoms with van der Waals surface area (Å²) in [4.78, 5) is 4.12. The van der Waals surface area contributed by atoms with Gasteiger partial charge in [-0.2, -0.15) is 0 Å². The number of hydrogen-bond acceptors (Lipinski definition) is 2. The predicted molar refractivity (Wildman–Crippen MR) is 60.6 cm³/mol. The molecule has 0 fully saturated rings. The third-order valence-corrected chi connectivity index (χ3v) is 2.68. The van der Waals surface area contributed by atoms with Crippen LogP contribution in [0.5, 0.6) is 0 Å². The standard InChI is InChI=1S/C11H11ClFN3/c1-16-5-10(15-6-16)11(14)8-4-7(13)2-3-9(8)12/h2-6,11H,14H2,1H3. The van der Waals surface area contributed by atoms with Crippen molar-refractivity contribution >= 4 is 11.6 Å². The Morgan fingerprint density at radius 1 is 1.50 bits per heavy atom. The lowest BCUT2D eigenvalue weighted by Crippen LogP contribution is -2.13. The number of imidazole rings is 1. The number of nitrogens with zero attached hydrogens (tertiary/aromatic N) is 2. The van der Waals surface area contributed by atoms with Gasteiger partial charge in [0.25, 0.3) is 0 Å². The van der Waals surface area contributed by atoms with Crippen LogP contribution in [0, 0.1) is 5.82 Å². The van der Waals surface area contributed by atoms with Crippen LogP contribution in [0.3, 0.4) is 0 Å². The Kier molecular flexibility index (Phi) is 2.94. The summed E-state index contributed by atoms with van der Waals surface area (Å²) in [6, 6.07) is 3.62. The van der Waals surface area contributed by atoms with Gasteiger partial charge in [0.15, 0.2) is 0 Å². The quantitative estimate of drug-likeness (QED) is 0.874. The minimum absolute atomic E-state index is 0.356. The molecule has 0 aliphatic carbocycles. The van der Waals surface area contributed by atoms with Crippen molar-refractivity contribution in [3.8, 4) is 0 Å². The van der Waals surface area contributed by atoms with E-state index in [9.17, 15) is 4.39 Å². The number of nitrogens with two attached hydrogens (primary N) is 1. The van der Waals surface area contributed by atoms with Crippen LogP contribution in [-0.4, -0.2) is 9.55 Å². The lowest BCUT2D eigenvalue weighted by atomic mass is 10.1. The molecule has 0 aliphatic heterocycles. The average Bonchev–Trinajstić information content (AvgIpc) is 2.67. The molecule has 0 spiro atoms. The van der Waals surface area contributed by atoms with E-state index in [2.05, 4.69) is 4.98 Å². The fraction of sp³-hybridized carbons (Fsp3) is 0.182. The van der Waals surface area contributed by atoms with Crippen LogP contribution in [0.2, 0.25) is 5.02 Å².